The molecular formula is C14H22N4O. The molecule has 0 bridgehead atoms. The number of aromatic nitrogens is 2. The van der Waals surface area contributed by atoms with Gasteiger partial charge >= 0.3 is 0 Å². The molecule has 2 N–H and O–H groups in total. The molecule has 1 aliphatic heterocycles. The van der Waals surface area contributed by atoms with Crippen molar-refractivity contribution >= 4 is 11.5 Å². The van der Waals surface area contributed by atoms with E-state index < -0.39 is 0 Å². The van der Waals surface area contributed by atoms with Gasteiger partial charge in [0.05, 0.1) is 7.11 Å². The largest absolute Gasteiger partial charge is 0.479 e. The first-order valence-electron chi connectivity index (χ1n) is 7.20. The van der Waals surface area contributed by atoms with Gasteiger partial charge in [-0.05, 0) is 12.8 Å². The first kappa shape index (κ1) is 12.5. The van der Waals surface area contributed by atoms with Crippen LogP contribution in [0, 0.1) is 5.41 Å². The van der Waals surface area contributed by atoms with Crippen molar-refractivity contribution in [2.75, 3.05) is 30.8 Å². The quantitative estimate of drug-likeness (QED) is 0.815. The Morgan fingerprint density at radius 1 is 1.05 bits per heavy atom. The number of rotatable bonds is 1. The number of hydrogen-bond acceptors (Lipinski definition) is 5. The Morgan fingerprint density at radius 3 is 2.53 bits per heavy atom. The van der Waals surface area contributed by atoms with Crippen LogP contribution < -0.4 is 15.4 Å². The molecule has 0 atom stereocenters. The average Bonchev–Trinajstić information content (AvgIpc) is 2.79. The fraction of sp³-hybridized carbons (Fsp3) is 0.714. The third-order valence-electron chi connectivity index (χ3n) is 4.44. The molecule has 1 fully saturated rings. The zero-order valence-electron chi connectivity index (χ0n) is 11.5. The van der Waals surface area contributed by atoms with E-state index >= 15 is 0 Å². The second-order valence-electron chi connectivity index (χ2n) is 5.73. The van der Waals surface area contributed by atoms with Crippen LogP contribution in [0.3, 0.4) is 0 Å². The molecule has 1 aromatic rings. The lowest BCUT2D eigenvalue weighted by atomic mass is 9.80. The van der Waals surface area contributed by atoms with E-state index in [0.29, 0.717) is 11.3 Å². The summed E-state index contributed by atoms with van der Waals surface area (Å²) >= 11 is 0. The lowest BCUT2D eigenvalue weighted by Crippen LogP contribution is -2.34. The van der Waals surface area contributed by atoms with E-state index in [0.717, 1.165) is 24.6 Å². The van der Waals surface area contributed by atoms with Gasteiger partial charge in [-0.15, -0.1) is 0 Å². The third-order valence-corrected chi connectivity index (χ3v) is 4.44. The van der Waals surface area contributed by atoms with Crippen LogP contribution in [0.25, 0.3) is 0 Å². The normalized spacial score (nSPS) is 21.5. The summed E-state index contributed by atoms with van der Waals surface area (Å²) in [7, 11) is 1.65. The smallest absolute Gasteiger partial charge is 0.242 e. The summed E-state index contributed by atoms with van der Waals surface area (Å²) in [5, 5.41) is 7.02. The fourth-order valence-corrected chi connectivity index (χ4v) is 3.26. The number of fused-ring (bicyclic) bond motifs is 1. The Morgan fingerprint density at radius 2 is 1.79 bits per heavy atom. The van der Waals surface area contributed by atoms with Crippen molar-refractivity contribution in [3.05, 3.63) is 6.33 Å². The summed E-state index contributed by atoms with van der Waals surface area (Å²) in [5.41, 5.74) is 1.26. The van der Waals surface area contributed by atoms with Gasteiger partial charge in [0.2, 0.25) is 5.88 Å². The van der Waals surface area contributed by atoms with E-state index in [4.69, 9.17) is 4.74 Å². The molecule has 1 saturated carbocycles. The maximum atomic E-state index is 5.31. The van der Waals surface area contributed by atoms with E-state index in [1.807, 2.05) is 0 Å². The van der Waals surface area contributed by atoms with Crippen molar-refractivity contribution in [1.29, 1.82) is 0 Å². The van der Waals surface area contributed by atoms with Crippen molar-refractivity contribution < 1.29 is 4.74 Å². The number of anilines is 2. The van der Waals surface area contributed by atoms with Crippen LogP contribution in [-0.2, 0) is 0 Å². The first-order chi connectivity index (χ1) is 9.33. The van der Waals surface area contributed by atoms with E-state index in [1.165, 1.54) is 38.5 Å². The van der Waals surface area contributed by atoms with Crippen LogP contribution in [0.2, 0.25) is 0 Å². The molecule has 0 amide bonds. The molecule has 0 saturated heterocycles. The monoisotopic (exact) mass is 262 g/mol. The van der Waals surface area contributed by atoms with Gasteiger partial charge in [-0.3, -0.25) is 0 Å². The van der Waals surface area contributed by atoms with Crippen molar-refractivity contribution in [3.8, 4) is 5.88 Å². The van der Waals surface area contributed by atoms with Gasteiger partial charge in [-0.1, -0.05) is 25.7 Å². The number of methoxy groups -OCH3 is 1. The van der Waals surface area contributed by atoms with Crippen LogP contribution in [0.1, 0.15) is 38.5 Å². The zero-order chi connectivity index (χ0) is 13.1. The molecule has 0 radical (unpaired) electrons. The molecule has 19 heavy (non-hydrogen) atoms. The van der Waals surface area contributed by atoms with Gasteiger partial charge < -0.3 is 15.4 Å². The van der Waals surface area contributed by atoms with Crippen molar-refractivity contribution in [2.45, 2.75) is 38.5 Å². The maximum absolute atomic E-state index is 5.31. The Hall–Kier alpha value is -1.52. The van der Waals surface area contributed by atoms with Crippen LogP contribution in [0.15, 0.2) is 6.33 Å². The van der Waals surface area contributed by atoms with Crippen LogP contribution in [-0.4, -0.2) is 30.2 Å². The highest BCUT2D eigenvalue weighted by Crippen LogP contribution is 2.40. The van der Waals surface area contributed by atoms with Crippen molar-refractivity contribution in [1.82, 2.24) is 9.97 Å². The molecule has 0 unspecified atom stereocenters. The summed E-state index contributed by atoms with van der Waals surface area (Å²) in [4.78, 5) is 8.49. The van der Waals surface area contributed by atoms with Crippen LogP contribution >= 0.6 is 0 Å². The van der Waals surface area contributed by atoms with Crippen LogP contribution in [0.5, 0.6) is 5.88 Å². The molecule has 1 spiro atoms. The number of nitrogens with zero attached hydrogens (tertiary/aromatic N) is 2. The second-order valence-corrected chi connectivity index (χ2v) is 5.73. The lowest BCUT2D eigenvalue weighted by molar-refractivity contribution is 0.286. The lowest BCUT2D eigenvalue weighted by Gasteiger charge is -2.31. The highest BCUT2D eigenvalue weighted by atomic mass is 16.5. The number of hydrogen-bond donors (Lipinski definition) is 2. The molecule has 0 aromatic carbocycles. The standard InChI is InChI=1S/C14H22N4O/c1-19-13-11-12(17-10-18-13)16-9-14(8-15-11)6-4-2-3-5-7-14/h10,15H,2-9H2,1H3,(H,16,17,18). The first-order valence-corrected chi connectivity index (χ1v) is 7.20. The topological polar surface area (TPSA) is 59.1 Å². The molecule has 3 rings (SSSR count). The van der Waals surface area contributed by atoms with E-state index in [2.05, 4.69) is 20.6 Å². The van der Waals surface area contributed by atoms with Gasteiger partial charge in [0.15, 0.2) is 5.82 Å². The molecule has 104 valence electrons. The van der Waals surface area contributed by atoms with E-state index in [9.17, 15) is 0 Å². The summed E-state index contributed by atoms with van der Waals surface area (Å²) in [6.07, 6.45) is 9.55. The van der Waals surface area contributed by atoms with Gasteiger partial charge in [0.1, 0.15) is 12.0 Å². The molecule has 5 nitrogen and oxygen atoms in total. The van der Waals surface area contributed by atoms with Gasteiger partial charge in [0.25, 0.3) is 0 Å². The Kier molecular flexibility index (Phi) is 3.44. The summed E-state index contributed by atoms with van der Waals surface area (Å²) < 4.78 is 5.31. The summed E-state index contributed by atoms with van der Waals surface area (Å²) in [6.45, 7) is 1.98. The predicted octanol–water partition coefficient (Wildman–Crippen LogP) is 2.66. The third kappa shape index (κ3) is 2.46. The minimum atomic E-state index is 0.349. The Balaban J connectivity index is 1.84. The number of nitrogens with one attached hydrogen (secondary N) is 2. The van der Waals surface area contributed by atoms with Crippen LogP contribution in [0.4, 0.5) is 11.5 Å². The van der Waals surface area contributed by atoms with Gasteiger partial charge in [-0.2, -0.15) is 4.98 Å². The Labute approximate surface area is 114 Å². The molecule has 1 aromatic heterocycles. The second kappa shape index (κ2) is 5.23. The fourth-order valence-electron chi connectivity index (χ4n) is 3.26. The minimum Gasteiger partial charge on any atom is -0.479 e. The van der Waals surface area contributed by atoms with Crippen molar-refractivity contribution in [3.63, 3.8) is 0 Å². The van der Waals surface area contributed by atoms with Crippen molar-refractivity contribution in [2.24, 2.45) is 5.41 Å². The molecular weight excluding hydrogens is 240 g/mol. The highest BCUT2D eigenvalue weighted by molar-refractivity contribution is 5.70. The van der Waals surface area contributed by atoms with Gasteiger partial charge in [0, 0.05) is 18.5 Å². The van der Waals surface area contributed by atoms with E-state index in [-0.39, 0.29) is 0 Å². The summed E-state index contributed by atoms with van der Waals surface area (Å²) in [5.74, 6) is 1.50. The van der Waals surface area contributed by atoms with E-state index in [1.54, 1.807) is 13.4 Å². The highest BCUT2D eigenvalue weighted by Gasteiger charge is 2.34. The number of ether oxygens (including phenoxy) is 1. The summed E-state index contributed by atoms with van der Waals surface area (Å²) in [6, 6.07) is 0. The molecule has 2 heterocycles. The SMILES string of the molecule is COc1ncnc2c1NCC1(CCCCCC1)CN2. The molecule has 5 heteroatoms. The maximum Gasteiger partial charge on any atom is 0.242 e. The molecule has 2 aliphatic rings. The average molecular weight is 262 g/mol. The van der Waals surface area contributed by atoms with Gasteiger partial charge in [-0.25, -0.2) is 4.98 Å². The molecule has 1 aliphatic carbocycles. The predicted molar refractivity (Wildman–Crippen MR) is 75.7 cm³/mol. The zero-order valence-corrected chi connectivity index (χ0v) is 11.5. The Bertz CT molecular complexity index is 441. The minimum absolute atomic E-state index is 0.349.